The molecule has 0 unspecified atom stereocenters. The Morgan fingerprint density at radius 2 is 1.67 bits per heavy atom. The summed E-state index contributed by atoms with van der Waals surface area (Å²) >= 11 is 5.87. The smallest absolute Gasteiger partial charge is 0.264 e. The van der Waals surface area contributed by atoms with Gasteiger partial charge in [0.15, 0.2) is 0 Å². The van der Waals surface area contributed by atoms with Gasteiger partial charge in [-0.1, -0.05) is 29.3 Å². The van der Waals surface area contributed by atoms with Crippen molar-refractivity contribution in [2.24, 2.45) is 0 Å². The van der Waals surface area contributed by atoms with Crippen molar-refractivity contribution in [3.63, 3.8) is 0 Å². The third-order valence-corrected chi connectivity index (χ3v) is 5.64. The van der Waals surface area contributed by atoms with E-state index in [1.165, 1.54) is 22.7 Å². The lowest BCUT2D eigenvalue weighted by Gasteiger charge is -2.24. The molecule has 1 aromatic heterocycles. The molecule has 6 heteroatoms. The number of hydrogen-bond donors (Lipinski definition) is 0. The quantitative estimate of drug-likeness (QED) is 0.665. The number of hydrogen-bond acceptors (Lipinski definition) is 3. The van der Waals surface area contributed by atoms with Crippen molar-refractivity contribution < 1.29 is 12.8 Å². The minimum Gasteiger partial charge on any atom is -0.467 e. The van der Waals surface area contributed by atoms with E-state index in [0.717, 1.165) is 5.56 Å². The van der Waals surface area contributed by atoms with Gasteiger partial charge in [0.2, 0.25) is 0 Å². The molecular formula is C18H16ClNO3S. The largest absolute Gasteiger partial charge is 0.467 e. The summed E-state index contributed by atoms with van der Waals surface area (Å²) in [4.78, 5) is 0.180. The van der Waals surface area contributed by atoms with Gasteiger partial charge in [-0.15, -0.1) is 0 Å². The van der Waals surface area contributed by atoms with Crippen LogP contribution in [0, 0.1) is 6.92 Å². The van der Waals surface area contributed by atoms with Gasteiger partial charge < -0.3 is 4.42 Å². The van der Waals surface area contributed by atoms with Gasteiger partial charge in [-0.05, 0) is 55.5 Å². The predicted molar refractivity (Wildman–Crippen MR) is 94.7 cm³/mol. The fourth-order valence-electron chi connectivity index (χ4n) is 2.30. The lowest BCUT2D eigenvalue weighted by Crippen LogP contribution is -2.30. The summed E-state index contributed by atoms with van der Waals surface area (Å²) in [6.45, 7) is 2.06. The Labute approximate surface area is 146 Å². The number of anilines is 1. The van der Waals surface area contributed by atoms with Crippen molar-refractivity contribution in [1.82, 2.24) is 0 Å². The van der Waals surface area contributed by atoms with Gasteiger partial charge >= 0.3 is 0 Å². The van der Waals surface area contributed by atoms with Crippen LogP contribution >= 0.6 is 11.6 Å². The van der Waals surface area contributed by atoms with Crippen LogP contribution in [0.5, 0.6) is 0 Å². The lowest BCUT2D eigenvalue weighted by molar-refractivity contribution is 0.508. The third kappa shape index (κ3) is 3.47. The number of benzene rings is 2. The molecule has 2 aromatic carbocycles. The Kier molecular flexibility index (Phi) is 4.64. The van der Waals surface area contributed by atoms with Gasteiger partial charge in [0.05, 0.1) is 23.4 Å². The predicted octanol–water partition coefficient (Wildman–Crippen LogP) is 4.64. The van der Waals surface area contributed by atoms with E-state index in [0.29, 0.717) is 16.5 Å². The zero-order chi connectivity index (χ0) is 17.2. The van der Waals surface area contributed by atoms with Crippen LogP contribution in [0.1, 0.15) is 11.3 Å². The highest BCUT2D eigenvalue weighted by Crippen LogP contribution is 2.27. The van der Waals surface area contributed by atoms with E-state index in [-0.39, 0.29) is 11.4 Å². The molecule has 0 bridgehead atoms. The Balaban J connectivity index is 2.05. The van der Waals surface area contributed by atoms with E-state index in [4.69, 9.17) is 16.0 Å². The molecule has 3 aromatic rings. The highest BCUT2D eigenvalue weighted by molar-refractivity contribution is 7.92. The van der Waals surface area contributed by atoms with Crippen LogP contribution in [-0.2, 0) is 16.6 Å². The molecule has 24 heavy (non-hydrogen) atoms. The van der Waals surface area contributed by atoms with E-state index in [1.807, 2.05) is 19.1 Å². The Hall–Kier alpha value is -2.24. The van der Waals surface area contributed by atoms with E-state index >= 15 is 0 Å². The third-order valence-electron chi connectivity index (χ3n) is 3.60. The molecule has 0 radical (unpaired) electrons. The van der Waals surface area contributed by atoms with E-state index in [2.05, 4.69) is 0 Å². The monoisotopic (exact) mass is 361 g/mol. The first kappa shape index (κ1) is 16.6. The first-order chi connectivity index (χ1) is 11.5. The number of aryl methyl sites for hydroxylation is 1. The summed E-state index contributed by atoms with van der Waals surface area (Å²) in [6.07, 6.45) is 1.53. The SMILES string of the molecule is Cc1ccc(N(Cc2ccco2)S(=O)(=O)c2ccc(Cl)cc2)cc1. The zero-order valence-electron chi connectivity index (χ0n) is 13.0. The number of sulfonamides is 1. The van der Waals surface area contributed by atoms with Gasteiger partial charge in [-0.2, -0.15) is 0 Å². The molecule has 0 atom stereocenters. The Morgan fingerprint density at radius 1 is 1.00 bits per heavy atom. The second-order valence-electron chi connectivity index (χ2n) is 5.38. The van der Waals surface area contributed by atoms with E-state index < -0.39 is 10.0 Å². The zero-order valence-corrected chi connectivity index (χ0v) is 14.6. The molecule has 0 saturated heterocycles. The number of halogens is 1. The van der Waals surface area contributed by atoms with Crippen molar-refractivity contribution in [1.29, 1.82) is 0 Å². The lowest BCUT2D eigenvalue weighted by atomic mass is 10.2. The summed E-state index contributed by atoms with van der Waals surface area (Å²) in [6, 6.07) is 16.9. The average molecular weight is 362 g/mol. The normalized spacial score (nSPS) is 11.4. The molecule has 1 heterocycles. The summed E-state index contributed by atoms with van der Waals surface area (Å²) < 4.78 is 32.9. The highest BCUT2D eigenvalue weighted by Gasteiger charge is 2.26. The minimum atomic E-state index is -3.75. The van der Waals surface area contributed by atoms with Crippen molar-refractivity contribution in [2.45, 2.75) is 18.4 Å². The van der Waals surface area contributed by atoms with Gasteiger partial charge in [0.1, 0.15) is 5.76 Å². The molecule has 124 valence electrons. The molecule has 0 amide bonds. The van der Waals surface area contributed by atoms with Crippen LogP contribution < -0.4 is 4.31 Å². The molecule has 0 N–H and O–H groups in total. The molecule has 0 fully saturated rings. The summed E-state index contributed by atoms with van der Waals surface area (Å²) in [5.74, 6) is 0.563. The van der Waals surface area contributed by atoms with Crippen LogP contribution in [0.2, 0.25) is 5.02 Å². The Morgan fingerprint density at radius 3 is 2.25 bits per heavy atom. The van der Waals surface area contributed by atoms with Gasteiger partial charge in [0.25, 0.3) is 10.0 Å². The highest BCUT2D eigenvalue weighted by atomic mass is 35.5. The maximum atomic E-state index is 13.1. The second-order valence-corrected chi connectivity index (χ2v) is 7.68. The number of rotatable bonds is 5. The maximum absolute atomic E-state index is 13.1. The van der Waals surface area contributed by atoms with Crippen LogP contribution in [0.25, 0.3) is 0 Å². The van der Waals surface area contributed by atoms with Crippen LogP contribution in [0.15, 0.2) is 76.2 Å². The van der Waals surface area contributed by atoms with Crippen LogP contribution in [-0.4, -0.2) is 8.42 Å². The standard InChI is InChI=1S/C18H16ClNO3S/c1-14-4-8-16(9-5-14)20(13-17-3-2-12-23-17)24(21,22)18-10-6-15(19)7-11-18/h2-12H,13H2,1H3. The topological polar surface area (TPSA) is 50.5 Å². The van der Waals surface area contributed by atoms with E-state index in [9.17, 15) is 8.42 Å². The summed E-state index contributed by atoms with van der Waals surface area (Å²) in [7, 11) is -3.75. The summed E-state index contributed by atoms with van der Waals surface area (Å²) in [5, 5.41) is 0.488. The van der Waals surface area contributed by atoms with Crippen molar-refractivity contribution >= 4 is 27.3 Å². The first-order valence-electron chi connectivity index (χ1n) is 7.34. The first-order valence-corrected chi connectivity index (χ1v) is 9.16. The molecule has 0 aliphatic rings. The minimum absolute atomic E-state index is 0.112. The Bertz CT molecular complexity index is 902. The summed E-state index contributed by atoms with van der Waals surface area (Å²) in [5.41, 5.74) is 1.63. The van der Waals surface area contributed by atoms with Crippen molar-refractivity contribution in [2.75, 3.05) is 4.31 Å². The van der Waals surface area contributed by atoms with Crippen molar-refractivity contribution in [3.05, 3.63) is 83.3 Å². The van der Waals surface area contributed by atoms with Gasteiger partial charge in [0, 0.05) is 5.02 Å². The maximum Gasteiger partial charge on any atom is 0.264 e. The fraction of sp³-hybridized carbons (Fsp3) is 0.111. The average Bonchev–Trinajstić information content (AvgIpc) is 3.07. The van der Waals surface area contributed by atoms with Crippen LogP contribution in [0.3, 0.4) is 0 Å². The molecule has 0 spiro atoms. The van der Waals surface area contributed by atoms with Crippen molar-refractivity contribution in [3.8, 4) is 0 Å². The fourth-order valence-corrected chi connectivity index (χ4v) is 3.86. The second kappa shape index (κ2) is 6.71. The molecule has 0 aliphatic carbocycles. The van der Waals surface area contributed by atoms with Gasteiger partial charge in [-0.3, -0.25) is 4.31 Å². The molecule has 3 rings (SSSR count). The van der Waals surface area contributed by atoms with Gasteiger partial charge in [-0.25, -0.2) is 8.42 Å². The number of furan rings is 1. The molecule has 0 saturated carbocycles. The molecular weight excluding hydrogens is 346 g/mol. The number of nitrogens with zero attached hydrogens (tertiary/aromatic N) is 1. The van der Waals surface area contributed by atoms with Crippen LogP contribution in [0.4, 0.5) is 5.69 Å². The molecule has 4 nitrogen and oxygen atoms in total. The van der Waals surface area contributed by atoms with E-state index in [1.54, 1.807) is 36.4 Å². The molecule has 0 aliphatic heterocycles.